The molecular formula is C18H30O8. The van der Waals surface area contributed by atoms with E-state index in [1.54, 1.807) is 0 Å². The molecule has 0 heterocycles. The Balaban J connectivity index is 3.70. The maximum Gasteiger partial charge on any atom is 0.306 e. The lowest BCUT2D eigenvalue weighted by atomic mass is 10.1. The lowest BCUT2D eigenvalue weighted by Gasteiger charge is -2.12. The SMILES string of the molecule is CC(=O)OCCC(C)CC(=O)OCCOC(=O)CC(C)CCOC(C)=O. The van der Waals surface area contributed by atoms with Crippen molar-refractivity contribution in [2.75, 3.05) is 26.4 Å². The van der Waals surface area contributed by atoms with Crippen LogP contribution < -0.4 is 0 Å². The molecule has 0 aromatic carbocycles. The summed E-state index contributed by atoms with van der Waals surface area (Å²) in [5.41, 5.74) is 0. The Morgan fingerprint density at radius 2 is 0.962 bits per heavy atom. The summed E-state index contributed by atoms with van der Waals surface area (Å²) in [5, 5.41) is 0. The smallest absolute Gasteiger partial charge is 0.306 e. The second-order valence-corrected chi connectivity index (χ2v) is 6.32. The quantitative estimate of drug-likeness (QED) is 0.274. The van der Waals surface area contributed by atoms with Crippen molar-refractivity contribution in [2.24, 2.45) is 11.8 Å². The summed E-state index contributed by atoms with van der Waals surface area (Å²) in [4.78, 5) is 44.6. The zero-order chi connectivity index (χ0) is 19.9. The first-order chi connectivity index (χ1) is 12.2. The molecule has 0 fully saturated rings. The molecule has 8 nitrogen and oxygen atoms in total. The van der Waals surface area contributed by atoms with Crippen LogP contribution in [0.4, 0.5) is 0 Å². The lowest BCUT2D eigenvalue weighted by Crippen LogP contribution is -2.17. The van der Waals surface area contributed by atoms with Gasteiger partial charge in [-0.1, -0.05) is 13.8 Å². The minimum absolute atomic E-state index is 0.00304. The van der Waals surface area contributed by atoms with Crippen LogP contribution in [0, 0.1) is 11.8 Å². The van der Waals surface area contributed by atoms with Crippen molar-refractivity contribution in [1.29, 1.82) is 0 Å². The van der Waals surface area contributed by atoms with E-state index in [-0.39, 0.29) is 75.0 Å². The van der Waals surface area contributed by atoms with Crippen LogP contribution in [0.25, 0.3) is 0 Å². The number of hydrogen-bond donors (Lipinski definition) is 0. The fraction of sp³-hybridized carbons (Fsp3) is 0.778. The van der Waals surface area contributed by atoms with Gasteiger partial charge in [0.25, 0.3) is 0 Å². The van der Waals surface area contributed by atoms with Crippen LogP contribution in [0.15, 0.2) is 0 Å². The van der Waals surface area contributed by atoms with Gasteiger partial charge in [0, 0.05) is 26.7 Å². The Hall–Kier alpha value is -2.12. The van der Waals surface area contributed by atoms with Gasteiger partial charge in [-0.3, -0.25) is 19.2 Å². The predicted octanol–water partition coefficient (Wildman–Crippen LogP) is 2.03. The molecule has 0 bridgehead atoms. The van der Waals surface area contributed by atoms with Gasteiger partial charge in [-0.15, -0.1) is 0 Å². The molecule has 0 aliphatic rings. The molecule has 0 rings (SSSR count). The second-order valence-electron chi connectivity index (χ2n) is 6.32. The summed E-state index contributed by atoms with van der Waals surface area (Å²) in [6.07, 6.45) is 1.58. The highest BCUT2D eigenvalue weighted by Gasteiger charge is 2.13. The van der Waals surface area contributed by atoms with Crippen molar-refractivity contribution in [3.63, 3.8) is 0 Å². The van der Waals surface area contributed by atoms with Crippen molar-refractivity contribution in [3.8, 4) is 0 Å². The minimum Gasteiger partial charge on any atom is -0.466 e. The predicted molar refractivity (Wildman–Crippen MR) is 92.0 cm³/mol. The standard InChI is InChI=1S/C18H30O8/c1-13(5-7-23-15(3)19)11-17(21)25-9-10-26-18(22)12-14(2)6-8-24-16(4)20/h13-14H,5-12H2,1-4H3. The van der Waals surface area contributed by atoms with Gasteiger partial charge in [-0.05, 0) is 24.7 Å². The number of carbonyl (C=O) groups excluding carboxylic acids is 4. The third-order valence-corrected chi connectivity index (χ3v) is 3.47. The average molecular weight is 374 g/mol. The van der Waals surface area contributed by atoms with E-state index in [9.17, 15) is 19.2 Å². The Labute approximate surface area is 154 Å². The molecule has 0 radical (unpaired) electrons. The molecule has 150 valence electrons. The van der Waals surface area contributed by atoms with Crippen molar-refractivity contribution >= 4 is 23.9 Å². The van der Waals surface area contributed by atoms with Gasteiger partial charge in [0.2, 0.25) is 0 Å². The van der Waals surface area contributed by atoms with Crippen LogP contribution in [0.2, 0.25) is 0 Å². The first-order valence-electron chi connectivity index (χ1n) is 8.78. The zero-order valence-electron chi connectivity index (χ0n) is 16.1. The molecule has 0 aromatic heterocycles. The van der Waals surface area contributed by atoms with Crippen molar-refractivity contribution in [1.82, 2.24) is 0 Å². The van der Waals surface area contributed by atoms with Crippen LogP contribution in [0.3, 0.4) is 0 Å². The van der Waals surface area contributed by atoms with Crippen LogP contribution in [0.1, 0.15) is 53.4 Å². The molecule has 0 saturated carbocycles. The fourth-order valence-electron chi connectivity index (χ4n) is 2.01. The largest absolute Gasteiger partial charge is 0.466 e. The van der Waals surface area contributed by atoms with E-state index in [0.29, 0.717) is 12.8 Å². The highest BCUT2D eigenvalue weighted by Crippen LogP contribution is 2.10. The Bertz CT molecular complexity index is 418. The molecule has 0 aliphatic heterocycles. The molecule has 8 heteroatoms. The number of esters is 4. The highest BCUT2D eigenvalue weighted by molar-refractivity contribution is 5.70. The van der Waals surface area contributed by atoms with Gasteiger partial charge >= 0.3 is 23.9 Å². The summed E-state index contributed by atoms with van der Waals surface area (Å²) in [6, 6.07) is 0. The van der Waals surface area contributed by atoms with E-state index in [2.05, 4.69) is 0 Å². The van der Waals surface area contributed by atoms with Crippen molar-refractivity contribution in [2.45, 2.75) is 53.4 Å². The minimum atomic E-state index is -0.383. The van der Waals surface area contributed by atoms with E-state index in [1.165, 1.54) is 13.8 Å². The van der Waals surface area contributed by atoms with E-state index in [4.69, 9.17) is 18.9 Å². The summed E-state index contributed by atoms with van der Waals surface area (Å²) >= 11 is 0. The molecule has 0 aromatic rings. The van der Waals surface area contributed by atoms with Gasteiger partial charge < -0.3 is 18.9 Å². The third-order valence-electron chi connectivity index (χ3n) is 3.47. The number of ether oxygens (including phenoxy) is 4. The molecule has 26 heavy (non-hydrogen) atoms. The number of carbonyl (C=O) groups is 4. The maximum absolute atomic E-state index is 11.6. The van der Waals surface area contributed by atoms with E-state index >= 15 is 0 Å². The normalized spacial score (nSPS) is 12.6. The molecule has 2 atom stereocenters. The first kappa shape index (κ1) is 23.9. The molecule has 2 unspecified atom stereocenters. The molecular weight excluding hydrogens is 344 g/mol. The van der Waals surface area contributed by atoms with E-state index in [1.807, 2.05) is 13.8 Å². The molecule has 0 N–H and O–H groups in total. The molecule has 0 aliphatic carbocycles. The lowest BCUT2D eigenvalue weighted by molar-refractivity contribution is -0.153. The van der Waals surface area contributed by atoms with Gasteiger partial charge in [-0.2, -0.15) is 0 Å². The van der Waals surface area contributed by atoms with Crippen LogP contribution in [-0.4, -0.2) is 50.3 Å². The van der Waals surface area contributed by atoms with Gasteiger partial charge in [0.05, 0.1) is 13.2 Å². The van der Waals surface area contributed by atoms with Crippen LogP contribution >= 0.6 is 0 Å². The molecule has 0 spiro atoms. The topological polar surface area (TPSA) is 105 Å². The van der Waals surface area contributed by atoms with Crippen LogP contribution in [0.5, 0.6) is 0 Å². The maximum atomic E-state index is 11.6. The summed E-state index contributed by atoms with van der Waals surface area (Å²) in [6.45, 7) is 6.95. The molecule has 0 amide bonds. The molecule has 0 saturated heterocycles. The zero-order valence-corrected chi connectivity index (χ0v) is 16.1. The average Bonchev–Trinajstić information content (AvgIpc) is 2.50. The van der Waals surface area contributed by atoms with Crippen LogP contribution in [-0.2, 0) is 38.1 Å². The van der Waals surface area contributed by atoms with Gasteiger partial charge in [0.15, 0.2) is 0 Å². The van der Waals surface area contributed by atoms with Gasteiger partial charge in [0.1, 0.15) is 13.2 Å². The number of hydrogen-bond acceptors (Lipinski definition) is 8. The van der Waals surface area contributed by atoms with Crippen molar-refractivity contribution < 1.29 is 38.1 Å². The Morgan fingerprint density at radius 3 is 1.27 bits per heavy atom. The summed E-state index contributed by atoms with van der Waals surface area (Å²) in [7, 11) is 0. The Kier molecular flexibility index (Phi) is 12.9. The fourth-order valence-corrected chi connectivity index (χ4v) is 2.01. The summed E-state index contributed by atoms with van der Waals surface area (Å²) in [5.74, 6) is -1.40. The second kappa shape index (κ2) is 14.1. The van der Waals surface area contributed by atoms with E-state index < -0.39 is 0 Å². The summed E-state index contributed by atoms with van der Waals surface area (Å²) < 4.78 is 19.6. The first-order valence-corrected chi connectivity index (χ1v) is 8.78. The third kappa shape index (κ3) is 15.4. The van der Waals surface area contributed by atoms with Crippen molar-refractivity contribution in [3.05, 3.63) is 0 Å². The highest BCUT2D eigenvalue weighted by atomic mass is 16.6. The van der Waals surface area contributed by atoms with Gasteiger partial charge in [-0.25, -0.2) is 0 Å². The van der Waals surface area contributed by atoms with E-state index in [0.717, 1.165) is 0 Å². The Morgan fingerprint density at radius 1 is 0.615 bits per heavy atom. The monoisotopic (exact) mass is 374 g/mol. The number of rotatable bonds is 13.